The van der Waals surface area contributed by atoms with Crippen LogP contribution in [-0.2, 0) is 0 Å². The number of amides is 1. The van der Waals surface area contributed by atoms with Crippen LogP contribution in [0.2, 0.25) is 0 Å². The lowest BCUT2D eigenvalue weighted by atomic mass is 10.1. The monoisotopic (exact) mass is 359 g/mol. The van der Waals surface area contributed by atoms with E-state index >= 15 is 0 Å². The molecule has 1 aromatic carbocycles. The predicted octanol–water partition coefficient (Wildman–Crippen LogP) is 3.76. The SMILES string of the molecule is Cc1ccc(C(=O)N(CCBr)C2CC2)cc1Br. The van der Waals surface area contributed by atoms with Gasteiger partial charge in [0.2, 0.25) is 0 Å². The first-order valence-electron chi connectivity index (χ1n) is 5.76. The Morgan fingerprint density at radius 3 is 2.71 bits per heavy atom. The summed E-state index contributed by atoms with van der Waals surface area (Å²) < 4.78 is 0.998. The molecule has 1 aliphatic rings. The second-order valence-electron chi connectivity index (χ2n) is 4.38. The zero-order valence-electron chi connectivity index (χ0n) is 9.75. The maximum Gasteiger partial charge on any atom is 0.254 e. The van der Waals surface area contributed by atoms with Crippen LogP contribution in [0.4, 0.5) is 0 Å². The van der Waals surface area contributed by atoms with Gasteiger partial charge in [0.05, 0.1) is 0 Å². The summed E-state index contributed by atoms with van der Waals surface area (Å²) in [5.74, 6) is 0.146. The molecule has 0 aromatic heterocycles. The molecule has 0 heterocycles. The first-order valence-corrected chi connectivity index (χ1v) is 7.68. The fraction of sp³-hybridized carbons (Fsp3) is 0.462. The van der Waals surface area contributed by atoms with Crippen LogP contribution in [-0.4, -0.2) is 28.7 Å². The molecule has 2 nitrogen and oxygen atoms in total. The van der Waals surface area contributed by atoms with Crippen molar-refractivity contribution in [2.24, 2.45) is 0 Å². The minimum Gasteiger partial charge on any atom is -0.335 e. The molecule has 0 radical (unpaired) electrons. The van der Waals surface area contributed by atoms with E-state index in [4.69, 9.17) is 0 Å². The highest BCUT2D eigenvalue weighted by molar-refractivity contribution is 9.10. The van der Waals surface area contributed by atoms with E-state index in [1.54, 1.807) is 0 Å². The van der Waals surface area contributed by atoms with Gasteiger partial charge in [-0.15, -0.1) is 0 Å². The van der Waals surface area contributed by atoms with Gasteiger partial charge in [-0.1, -0.05) is 37.9 Å². The number of benzene rings is 1. The molecule has 0 bridgehead atoms. The Hall–Kier alpha value is -0.350. The molecule has 1 fully saturated rings. The molecule has 0 saturated heterocycles. The van der Waals surface area contributed by atoms with Crippen molar-refractivity contribution in [1.29, 1.82) is 0 Å². The van der Waals surface area contributed by atoms with Gasteiger partial charge in [-0.3, -0.25) is 4.79 Å². The molecule has 0 N–H and O–H groups in total. The topological polar surface area (TPSA) is 20.3 Å². The third-order valence-electron chi connectivity index (χ3n) is 2.99. The lowest BCUT2D eigenvalue weighted by Crippen LogP contribution is -2.34. The third kappa shape index (κ3) is 3.10. The van der Waals surface area contributed by atoms with Gasteiger partial charge in [0.25, 0.3) is 5.91 Å². The molecule has 4 heteroatoms. The molecule has 0 atom stereocenters. The molecular weight excluding hydrogens is 346 g/mol. The first kappa shape index (κ1) is 13.1. The molecule has 1 aliphatic carbocycles. The van der Waals surface area contributed by atoms with Crippen molar-refractivity contribution in [3.63, 3.8) is 0 Å². The average molecular weight is 361 g/mol. The normalized spacial score (nSPS) is 14.8. The van der Waals surface area contributed by atoms with Crippen molar-refractivity contribution >= 4 is 37.8 Å². The second kappa shape index (κ2) is 5.53. The Morgan fingerprint density at radius 1 is 1.47 bits per heavy atom. The number of hydrogen-bond donors (Lipinski definition) is 0. The molecule has 0 spiro atoms. The summed E-state index contributed by atoms with van der Waals surface area (Å²) in [7, 11) is 0. The van der Waals surface area contributed by atoms with Crippen molar-refractivity contribution in [1.82, 2.24) is 4.90 Å². The molecule has 2 rings (SSSR count). The van der Waals surface area contributed by atoms with Gasteiger partial charge in [-0.2, -0.15) is 0 Å². The molecule has 1 amide bonds. The van der Waals surface area contributed by atoms with Gasteiger partial charge >= 0.3 is 0 Å². The quantitative estimate of drug-likeness (QED) is 0.748. The van der Waals surface area contributed by atoms with Gasteiger partial charge in [0.1, 0.15) is 0 Å². The summed E-state index contributed by atoms with van der Waals surface area (Å²) in [5, 5.41) is 0.836. The zero-order valence-corrected chi connectivity index (χ0v) is 12.9. The van der Waals surface area contributed by atoms with E-state index in [2.05, 4.69) is 31.9 Å². The molecule has 17 heavy (non-hydrogen) atoms. The number of rotatable bonds is 4. The van der Waals surface area contributed by atoms with Crippen LogP contribution in [0.5, 0.6) is 0 Å². The first-order chi connectivity index (χ1) is 8.13. The summed E-state index contributed by atoms with van der Waals surface area (Å²) in [6.07, 6.45) is 2.29. The van der Waals surface area contributed by atoms with E-state index in [9.17, 15) is 4.79 Å². The van der Waals surface area contributed by atoms with Crippen molar-refractivity contribution in [2.75, 3.05) is 11.9 Å². The van der Waals surface area contributed by atoms with Crippen molar-refractivity contribution in [3.8, 4) is 0 Å². The van der Waals surface area contributed by atoms with Crippen LogP contribution in [0.3, 0.4) is 0 Å². The van der Waals surface area contributed by atoms with E-state index in [1.165, 1.54) is 0 Å². The van der Waals surface area contributed by atoms with Crippen molar-refractivity contribution in [2.45, 2.75) is 25.8 Å². The Kier molecular flexibility index (Phi) is 4.26. The Bertz CT molecular complexity index is 429. The molecule has 1 saturated carbocycles. The van der Waals surface area contributed by atoms with Gasteiger partial charge in [0, 0.05) is 28.0 Å². The van der Waals surface area contributed by atoms with E-state index < -0.39 is 0 Å². The van der Waals surface area contributed by atoms with E-state index in [1.807, 2.05) is 30.0 Å². The van der Waals surface area contributed by atoms with Crippen LogP contribution < -0.4 is 0 Å². The molecule has 1 aromatic rings. The molecule has 0 aliphatic heterocycles. The number of carbonyl (C=O) groups excluding carboxylic acids is 1. The Morgan fingerprint density at radius 2 is 2.18 bits per heavy atom. The number of halogens is 2. The fourth-order valence-electron chi connectivity index (χ4n) is 1.82. The largest absolute Gasteiger partial charge is 0.335 e. The second-order valence-corrected chi connectivity index (χ2v) is 6.03. The number of hydrogen-bond acceptors (Lipinski definition) is 1. The minimum absolute atomic E-state index is 0.146. The van der Waals surface area contributed by atoms with E-state index in [0.29, 0.717) is 6.04 Å². The van der Waals surface area contributed by atoms with Gasteiger partial charge < -0.3 is 4.90 Å². The summed E-state index contributed by atoms with van der Waals surface area (Å²) >= 11 is 6.88. The van der Waals surface area contributed by atoms with Crippen LogP contribution >= 0.6 is 31.9 Å². The van der Waals surface area contributed by atoms with Crippen molar-refractivity contribution in [3.05, 3.63) is 33.8 Å². The van der Waals surface area contributed by atoms with E-state index in [-0.39, 0.29) is 5.91 Å². The van der Waals surface area contributed by atoms with Crippen LogP contribution in [0.15, 0.2) is 22.7 Å². The maximum atomic E-state index is 12.4. The van der Waals surface area contributed by atoms with Crippen LogP contribution in [0.25, 0.3) is 0 Å². The molecule has 0 unspecified atom stereocenters. The zero-order chi connectivity index (χ0) is 12.4. The maximum absolute atomic E-state index is 12.4. The third-order valence-corrected chi connectivity index (χ3v) is 4.20. The Balaban J connectivity index is 2.19. The lowest BCUT2D eigenvalue weighted by molar-refractivity contribution is 0.0754. The summed E-state index contributed by atoms with van der Waals surface area (Å²) in [6, 6.07) is 6.27. The number of aryl methyl sites for hydroxylation is 1. The van der Waals surface area contributed by atoms with Gasteiger partial charge in [-0.25, -0.2) is 0 Å². The number of alkyl halides is 1. The van der Waals surface area contributed by atoms with E-state index in [0.717, 1.165) is 40.3 Å². The average Bonchev–Trinajstić information content (AvgIpc) is 3.13. The van der Waals surface area contributed by atoms with Crippen LogP contribution in [0, 0.1) is 6.92 Å². The lowest BCUT2D eigenvalue weighted by Gasteiger charge is -2.21. The van der Waals surface area contributed by atoms with Crippen molar-refractivity contribution < 1.29 is 4.79 Å². The smallest absolute Gasteiger partial charge is 0.254 e. The number of carbonyl (C=O) groups is 1. The Labute approximate surface area is 119 Å². The highest BCUT2D eigenvalue weighted by Gasteiger charge is 2.32. The number of nitrogens with zero attached hydrogens (tertiary/aromatic N) is 1. The molecule has 92 valence electrons. The minimum atomic E-state index is 0.146. The van der Waals surface area contributed by atoms with Gasteiger partial charge in [-0.05, 0) is 37.5 Å². The molecular formula is C13H15Br2NO. The van der Waals surface area contributed by atoms with Gasteiger partial charge in [0.15, 0.2) is 0 Å². The highest BCUT2D eigenvalue weighted by atomic mass is 79.9. The standard InChI is InChI=1S/C13H15Br2NO/c1-9-2-3-10(8-12(9)15)13(17)16(7-6-14)11-4-5-11/h2-3,8,11H,4-7H2,1H3. The fourth-order valence-corrected chi connectivity index (χ4v) is 2.58. The summed E-state index contributed by atoms with van der Waals surface area (Å²) in [4.78, 5) is 14.3. The van der Waals surface area contributed by atoms with Crippen LogP contribution in [0.1, 0.15) is 28.8 Å². The predicted molar refractivity (Wildman–Crippen MR) is 76.7 cm³/mol. The summed E-state index contributed by atoms with van der Waals surface area (Å²) in [5.41, 5.74) is 1.93. The highest BCUT2D eigenvalue weighted by Crippen LogP contribution is 2.29. The summed E-state index contributed by atoms with van der Waals surface area (Å²) in [6.45, 7) is 2.81.